The number of nitrogens with one attached hydrogen (secondary N) is 1. The fourth-order valence-electron chi connectivity index (χ4n) is 2.93. The lowest BCUT2D eigenvalue weighted by Gasteiger charge is -2.34. The second-order valence-electron chi connectivity index (χ2n) is 5.66. The summed E-state index contributed by atoms with van der Waals surface area (Å²) in [5.41, 5.74) is -0.885. The standard InChI is InChI=1S/C16H19F4N3/c17-13-3-2-12(15(10-13)16(18,19)20)11-23(9-1-6-21)14-4-7-22-8-5-14/h2-3,10,14,22H,1,4-5,7-9,11H2. The Kier molecular flexibility index (Phi) is 5.97. The van der Waals surface area contributed by atoms with Crippen molar-refractivity contribution in [3.8, 4) is 6.07 Å². The first-order chi connectivity index (χ1) is 10.9. The number of benzene rings is 1. The number of nitrogens with zero attached hydrogens (tertiary/aromatic N) is 2. The van der Waals surface area contributed by atoms with Crippen LogP contribution in [0.4, 0.5) is 17.6 Å². The van der Waals surface area contributed by atoms with E-state index in [-0.39, 0.29) is 24.6 Å². The van der Waals surface area contributed by atoms with E-state index in [9.17, 15) is 17.6 Å². The molecule has 1 saturated heterocycles. The van der Waals surface area contributed by atoms with Crippen LogP contribution in [0.25, 0.3) is 0 Å². The molecule has 1 aliphatic rings. The van der Waals surface area contributed by atoms with Crippen molar-refractivity contribution < 1.29 is 17.6 Å². The Morgan fingerprint density at radius 1 is 1.26 bits per heavy atom. The van der Waals surface area contributed by atoms with Gasteiger partial charge in [0, 0.05) is 25.6 Å². The zero-order chi connectivity index (χ0) is 16.9. The van der Waals surface area contributed by atoms with Crippen molar-refractivity contribution in [1.82, 2.24) is 10.2 Å². The van der Waals surface area contributed by atoms with E-state index in [1.807, 2.05) is 11.0 Å². The van der Waals surface area contributed by atoms with Gasteiger partial charge in [-0.2, -0.15) is 18.4 Å². The first-order valence-corrected chi connectivity index (χ1v) is 7.59. The molecule has 1 N–H and O–H groups in total. The van der Waals surface area contributed by atoms with E-state index in [0.29, 0.717) is 12.6 Å². The zero-order valence-corrected chi connectivity index (χ0v) is 12.7. The molecule has 0 saturated carbocycles. The van der Waals surface area contributed by atoms with Crippen molar-refractivity contribution in [1.29, 1.82) is 5.26 Å². The predicted molar refractivity (Wildman–Crippen MR) is 77.9 cm³/mol. The number of hydrogen-bond acceptors (Lipinski definition) is 3. The third-order valence-electron chi connectivity index (χ3n) is 4.09. The molecule has 1 heterocycles. The number of halogens is 4. The molecule has 126 valence electrons. The Bertz CT molecular complexity index is 559. The van der Waals surface area contributed by atoms with Crippen LogP contribution >= 0.6 is 0 Å². The molecule has 0 bridgehead atoms. The smallest absolute Gasteiger partial charge is 0.317 e. The second kappa shape index (κ2) is 7.75. The van der Waals surface area contributed by atoms with E-state index >= 15 is 0 Å². The molecule has 1 aromatic rings. The van der Waals surface area contributed by atoms with Crippen molar-refractivity contribution in [2.75, 3.05) is 19.6 Å². The highest BCUT2D eigenvalue weighted by Crippen LogP contribution is 2.33. The highest BCUT2D eigenvalue weighted by molar-refractivity contribution is 5.30. The predicted octanol–water partition coefficient (Wildman–Crippen LogP) is 3.31. The highest BCUT2D eigenvalue weighted by Gasteiger charge is 2.34. The van der Waals surface area contributed by atoms with Crippen molar-refractivity contribution in [3.63, 3.8) is 0 Å². The van der Waals surface area contributed by atoms with Gasteiger partial charge >= 0.3 is 6.18 Å². The fraction of sp³-hybridized carbons (Fsp3) is 0.562. The Morgan fingerprint density at radius 2 is 1.96 bits per heavy atom. The normalized spacial score (nSPS) is 16.5. The monoisotopic (exact) mass is 329 g/mol. The minimum atomic E-state index is -4.59. The molecule has 0 amide bonds. The third kappa shape index (κ3) is 4.91. The highest BCUT2D eigenvalue weighted by atomic mass is 19.4. The summed E-state index contributed by atoms with van der Waals surface area (Å²) in [5.74, 6) is -0.897. The van der Waals surface area contributed by atoms with E-state index < -0.39 is 17.6 Å². The van der Waals surface area contributed by atoms with Crippen LogP contribution in [-0.2, 0) is 12.7 Å². The van der Waals surface area contributed by atoms with E-state index in [2.05, 4.69) is 5.32 Å². The third-order valence-corrected chi connectivity index (χ3v) is 4.09. The lowest BCUT2D eigenvalue weighted by Crippen LogP contribution is -2.43. The topological polar surface area (TPSA) is 39.1 Å². The molecular formula is C16H19F4N3. The Morgan fingerprint density at radius 3 is 2.57 bits per heavy atom. The van der Waals surface area contributed by atoms with Gasteiger partial charge in [0.1, 0.15) is 5.82 Å². The number of alkyl halides is 3. The maximum Gasteiger partial charge on any atom is 0.416 e. The average Bonchev–Trinajstić information content (AvgIpc) is 2.52. The molecule has 1 fully saturated rings. The van der Waals surface area contributed by atoms with E-state index in [1.54, 1.807) is 0 Å². The Hall–Kier alpha value is -1.65. The van der Waals surface area contributed by atoms with Gasteiger partial charge in [0.2, 0.25) is 0 Å². The van der Waals surface area contributed by atoms with Crippen LogP contribution in [0.15, 0.2) is 18.2 Å². The van der Waals surface area contributed by atoms with Gasteiger partial charge in [-0.15, -0.1) is 0 Å². The maximum atomic E-state index is 13.2. The summed E-state index contributed by atoms with van der Waals surface area (Å²) in [6, 6.07) is 4.96. The molecule has 0 atom stereocenters. The minimum absolute atomic E-state index is 0.0513. The molecule has 0 radical (unpaired) electrons. The van der Waals surface area contributed by atoms with Crippen LogP contribution in [0, 0.1) is 17.1 Å². The molecular weight excluding hydrogens is 310 g/mol. The molecule has 2 rings (SSSR count). The van der Waals surface area contributed by atoms with Crippen LogP contribution in [0.5, 0.6) is 0 Å². The summed E-state index contributed by atoms with van der Waals surface area (Å²) in [5, 5.41) is 12.0. The van der Waals surface area contributed by atoms with Crippen molar-refractivity contribution in [2.45, 2.75) is 38.0 Å². The zero-order valence-electron chi connectivity index (χ0n) is 12.7. The number of nitriles is 1. The van der Waals surface area contributed by atoms with Gasteiger partial charge in [-0.1, -0.05) is 6.07 Å². The van der Waals surface area contributed by atoms with Crippen molar-refractivity contribution in [2.24, 2.45) is 0 Å². The fourth-order valence-corrected chi connectivity index (χ4v) is 2.93. The molecule has 0 spiro atoms. The molecule has 7 heteroatoms. The average molecular weight is 329 g/mol. The van der Waals surface area contributed by atoms with Crippen LogP contribution < -0.4 is 5.32 Å². The van der Waals surface area contributed by atoms with Gasteiger partial charge in [-0.05, 0) is 43.6 Å². The summed E-state index contributed by atoms with van der Waals surface area (Å²) in [6.07, 6.45) is -2.68. The van der Waals surface area contributed by atoms with Crippen LogP contribution in [0.2, 0.25) is 0 Å². The summed E-state index contributed by atoms with van der Waals surface area (Å²) in [7, 11) is 0. The second-order valence-corrected chi connectivity index (χ2v) is 5.66. The summed E-state index contributed by atoms with van der Waals surface area (Å²) < 4.78 is 52.6. The molecule has 0 aromatic heterocycles. The summed E-state index contributed by atoms with van der Waals surface area (Å²) in [4.78, 5) is 1.91. The van der Waals surface area contributed by atoms with Gasteiger partial charge in [0.15, 0.2) is 0 Å². The first-order valence-electron chi connectivity index (χ1n) is 7.59. The van der Waals surface area contributed by atoms with Gasteiger partial charge in [0.05, 0.1) is 11.6 Å². The van der Waals surface area contributed by atoms with Gasteiger partial charge in [-0.3, -0.25) is 4.90 Å². The molecule has 0 aliphatic carbocycles. The van der Waals surface area contributed by atoms with Crippen molar-refractivity contribution in [3.05, 3.63) is 35.1 Å². The maximum absolute atomic E-state index is 13.2. The quantitative estimate of drug-likeness (QED) is 0.843. The molecule has 23 heavy (non-hydrogen) atoms. The lowest BCUT2D eigenvalue weighted by atomic mass is 10.0. The molecule has 1 aliphatic heterocycles. The van der Waals surface area contributed by atoms with Crippen LogP contribution in [0.1, 0.15) is 30.4 Å². The molecule has 0 unspecified atom stereocenters. The van der Waals surface area contributed by atoms with Crippen LogP contribution in [0.3, 0.4) is 0 Å². The first kappa shape index (κ1) is 17.7. The number of piperidine rings is 1. The largest absolute Gasteiger partial charge is 0.416 e. The Balaban J connectivity index is 2.23. The minimum Gasteiger partial charge on any atom is -0.317 e. The number of rotatable bonds is 5. The SMILES string of the molecule is N#CCCN(Cc1ccc(F)cc1C(F)(F)F)C1CCNCC1. The van der Waals surface area contributed by atoms with Crippen LogP contribution in [-0.4, -0.2) is 30.6 Å². The Labute approximate surface area is 132 Å². The van der Waals surface area contributed by atoms with Crippen molar-refractivity contribution >= 4 is 0 Å². The van der Waals surface area contributed by atoms with E-state index in [4.69, 9.17) is 5.26 Å². The number of hydrogen-bond donors (Lipinski definition) is 1. The van der Waals surface area contributed by atoms with Gasteiger partial charge < -0.3 is 5.32 Å². The van der Waals surface area contributed by atoms with Gasteiger partial charge in [0.25, 0.3) is 0 Å². The molecule has 3 nitrogen and oxygen atoms in total. The summed E-state index contributed by atoms with van der Waals surface area (Å²) in [6.45, 7) is 2.10. The summed E-state index contributed by atoms with van der Waals surface area (Å²) >= 11 is 0. The van der Waals surface area contributed by atoms with E-state index in [1.165, 1.54) is 6.07 Å². The van der Waals surface area contributed by atoms with E-state index in [0.717, 1.165) is 32.0 Å². The molecule has 1 aromatic carbocycles. The lowest BCUT2D eigenvalue weighted by molar-refractivity contribution is -0.138. The van der Waals surface area contributed by atoms with Gasteiger partial charge in [-0.25, -0.2) is 4.39 Å².